The van der Waals surface area contributed by atoms with E-state index in [2.05, 4.69) is 10.2 Å². The predicted octanol–water partition coefficient (Wildman–Crippen LogP) is 5.08. The number of hydrogen-bond donors (Lipinski definition) is 0. The van der Waals surface area contributed by atoms with E-state index in [9.17, 15) is 4.79 Å². The Labute approximate surface area is 191 Å². The number of likely N-dealkylation sites (tertiary alicyclic amines) is 1. The highest BCUT2D eigenvalue weighted by atomic mass is 32.2. The molecule has 1 amide bonds. The van der Waals surface area contributed by atoms with Gasteiger partial charge in [-0.15, -0.1) is 21.5 Å². The van der Waals surface area contributed by atoms with Gasteiger partial charge in [-0.1, -0.05) is 36.7 Å². The minimum absolute atomic E-state index is 0.194. The van der Waals surface area contributed by atoms with Crippen molar-refractivity contribution in [3.63, 3.8) is 0 Å². The molecule has 1 fully saturated rings. The van der Waals surface area contributed by atoms with Crippen LogP contribution in [-0.4, -0.2) is 51.9 Å². The molecule has 0 spiro atoms. The van der Waals surface area contributed by atoms with Crippen LogP contribution in [0.4, 0.5) is 0 Å². The quantitative estimate of drug-likeness (QED) is 0.484. The maximum Gasteiger partial charge on any atom is 0.232 e. The monoisotopic (exact) mass is 454 g/mol. The second kappa shape index (κ2) is 10.2. The molecule has 0 N–H and O–H groups in total. The Hall–Kier alpha value is -2.45. The van der Waals surface area contributed by atoms with Gasteiger partial charge in [-0.2, -0.15) is 0 Å². The van der Waals surface area contributed by atoms with E-state index in [0.29, 0.717) is 5.75 Å². The van der Waals surface area contributed by atoms with Crippen LogP contribution in [-0.2, 0) is 4.79 Å². The molecule has 2 aromatic heterocycles. The standard InChI is InChI=1S/C23H26N4O2S2/c1-16-22(31-23(24-16)17-8-7-9-18(14-17)29-2)19-10-11-20(26-25-19)30-15-21(28)27-12-5-3-4-6-13-27/h7-11,14H,3-6,12-13,15H2,1-2H3. The summed E-state index contributed by atoms with van der Waals surface area (Å²) in [4.78, 5) is 20.2. The van der Waals surface area contributed by atoms with Crippen molar-refractivity contribution in [1.29, 1.82) is 0 Å². The lowest BCUT2D eigenvalue weighted by atomic mass is 10.2. The van der Waals surface area contributed by atoms with Crippen LogP contribution in [0, 0.1) is 6.92 Å². The lowest BCUT2D eigenvalue weighted by Crippen LogP contribution is -2.33. The number of hydrogen-bond acceptors (Lipinski definition) is 7. The van der Waals surface area contributed by atoms with Crippen LogP contribution in [0.15, 0.2) is 41.4 Å². The van der Waals surface area contributed by atoms with E-state index in [0.717, 1.165) is 63.5 Å². The SMILES string of the molecule is COc1cccc(-c2nc(C)c(-c3ccc(SCC(=O)N4CCCCCC4)nn3)s2)c1. The van der Waals surface area contributed by atoms with Gasteiger partial charge in [-0.3, -0.25) is 4.79 Å². The summed E-state index contributed by atoms with van der Waals surface area (Å²) in [6.07, 6.45) is 4.66. The van der Waals surface area contributed by atoms with Gasteiger partial charge in [0.1, 0.15) is 21.5 Å². The molecule has 1 saturated heterocycles. The summed E-state index contributed by atoms with van der Waals surface area (Å²) in [5, 5.41) is 10.4. The zero-order valence-electron chi connectivity index (χ0n) is 17.8. The number of amides is 1. The van der Waals surface area contributed by atoms with Crippen LogP contribution in [0.5, 0.6) is 5.75 Å². The lowest BCUT2D eigenvalue weighted by Gasteiger charge is -2.19. The Kier molecular flexibility index (Phi) is 7.19. The van der Waals surface area contributed by atoms with E-state index >= 15 is 0 Å². The summed E-state index contributed by atoms with van der Waals surface area (Å²) in [5.41, 5.74) is 2.74. The number of aryl methyl sites for hydroxylation is 1. The smallest absolute Gasteiger partial charge is 0.232 e. The molecule has 31 heavy (non-hydrogen) atoms. The number of benzene rings is 1. The van der Waals surface area contributed by atoms with Crippen LogP contribution in [0.25, 0.3) is 21.1 Å². The first-order chi connectivity index (χ1) is 15.1. The van der Waals surface area contributed by atoms with Crippen molar-refractivity contribution in [2.45, 2.75) is 37.6 Å². The number of nitrogens with zero attached hydrogens (tertiary/aromatic N) is 4. The zero-order chi connectivity index (χ0) is 21.6. The van der Waals surface area contributed by atoms with Gasteiger partial charge in [0, 0.05) is 18.7 Å². The number of ether oxygens (including phenoxy) is 1. The number of rotatable bonds is 6. The van der Waals surface area contributed by atoms with E-state index in [1.165, 1.54) is 24.6 Å². The minimum atomic E-state index is 0.194. The summed E-state index contributed by atoms with van der Waals surface area (Å²) in [6, 6.07) is 11.8. The topological polar surface area (TPSA) is 68.2 Å². The van der Waals surface area contributed by atoms with Crippen LogP contribution in [0.1, 0.15) is 31.4 Å². The van der Waals surface area contributed by atoms with Crippen molar-refractivity contribution in [3.05, 3.63) is 42.1 Å². The summed E-state index contributed by atoms with van der Waals surface area (Å²) >= 11 is 3.05. The van der Waals surface area contributed by atoms with Gasteiger partial charge in [0.25, 0.3) is 0 Å². The van der Waals surface area contributed by atoms with Crippen LogP contribution < -0.4 is 4.74 Å². The second-order valence-electron chi connectivity index (χ2n) is 7.51. The Morgan fingerprint density at radius 3 is 2.65 bits per heavy atom. The van der Waals surface area contributed by atoms with Crippen molar-refractivity contribution in [3.8, 4) is 26.9 Å². The molecular weight excluding hydrogens is 428 g/mol. The van der Waals surface area contributed by atoms with Crippen LogP contribution >= 0.6 is 23.1 Å². The number of methoxy groups -OCH3 is 1. The molecule has 0 radical (unpaired) electrons. The molecule has 0 bridgehead atoms. The number of aromatic nitrogens is 3. The van der Waals surface area contributed by atoms with E-state index in [1.54, 1.807) is 18.4 Å². The first kappa shape index (κ1) is 21.8. The third-order valence-corrected chi connectivity index (χ3v) is 7.42. The molecule has 0 saturated carbocycles. The first-order valence-electron chi connectivity index (χ1n) is 10.5. The molecule has 4 rings (SSSR count). The first-order valence-corrected chi connectivity index (χ1v) is 12.3. The van der Waals surface area contributed by atoms with Crippen LogP contribution in [0.3, 0.4) is 0 Å². The summed E-state index contributed by atoms with van der Waals surface area (Å²) < 4.78 is 5.32. The summed E-state index contributed by atoms with van der Waals surface area (Å²) in [7, 11) is 1.66. The Balaban J connectivity index is 1.42. The largest absolute Gasteiger partial charge is 0.497 e. The highest BCUT2D eigenvalue weighted by Gasteiger charge is 2.17. The van der Waals surface area contributed by atoms with Crippen molar-refractivity contribution in [2.75, 3.05) is 26.0 Å². The molecule has 1 aromatic carbocycles. The fourth-order valence-corrected chi connectivity index (χ4v) is 5.32. The molecule has 162 valence electrons. The number of thiazole rings is 1. The maximum atomic E-state index is 12.5. The van der Waals surface area contributed by atoms with Gasteiger partial charge >= 0.3 is 0 Å². The summed E-state index contributed by atoms with van der Waals surface area (Å²) in [6.45, 7) is 3.74. The van der Waals surface area contributed by atoms with Gasteiger partial charge in [-0.05, 0) is 44.0 Å². The number of carbonyl (C=O) groups excluding carboxylic acids is 1. The summed E-state index contributed by atoms with van der Waals surface area (Å²) in [5.74, 6) is 1.41. The molecule has 0 aliphatic carbocycles. The van der Waals surface area contributed by atoms with E-state index in [-0.39, 0.29) is 5.91 Å². The Morgan fingerprint density at radius 1 is 1.13 bits per heavy atom. The van der Waals surface area contributed by atoms with Gasteiger partial charge < -0.3 is 9.64 Å². The van der Waals surface area contributed by atoms with Crippen molar-refractivity contribution in [2.24, 2.45) is 0 Å². The van der Waals surface area contributed by atoms with Gasteiger partial charge in [0.2, 0.25) is 5.91 Å². The highest BCUT2D eigenvalue weighted by Crippen LogP contribution is 2.35. The lowest BCUT2D eigenvalue weighted by molar-refractivity contribution is -0.128. The average Bonchev–Trinajstić information content (AvgIpc) is 3.00. The third kappa shape index (κ3) is 5.43. The van der Waals surface area contributed by atoms with Crippen molar-refractivity contribution < 1.29 is 9.53 Å². The maximum absolute atomic E-state index is 12.5. The molecule has 3 aromatic rings. The van der Waals surface area contributed by atoms with Gasteiger partial charge in [0.15, 0.2) is 0 Å². The third-order valence-electron chi connectivity index (χ3n) is 5.29. The van der Waals surface area contributed by atoms with Crippen molar-refractivity contribution in [1.82, 2.24) is 20.1 Å². The van der Waals surface area contributed by atoms with E-state index in [4.69, 9.17) is 9.72 Å². The Bertz CT molecular complexity index is 1030. The molecule has 1 aliphatic heterocycles. The second-order valence-corrected chi connectivity index (χ2v) is 9.50. The number of carbonyl (C=O) groups is 1. The molecule has 0 unspecified atom stereocenters. The normalized spacial score (nSPS) is 14.3. The van der Waals surface area contributed by atoms with Gasteiger partial charge in [-0.25, -0.2) is 4.98 Å². The number of thioether (sulfide) groups is 1. The van der Waals surface area contributed by atoms with Crippen LogP contribution in [0.2, 0.25) is 0 Å². The molecule has 3 heterocycles. The Morgan fingerprint density at radius 2 is 1.94 bits per heavy atom. The fourth-order valence-electron chi connectivity index (χ4n) is 3.58. The fraction of sp³-hybridized carbons (Fsp3) is 0.391. The minimum Gasteiger partial charge on any atom is -0.497 e. The molecule has 6 nitrogen and oxygen atoms in total. The molecule has 8 heteroatoms. The molecule has 1 aliphatic rings. The molecular formula is C23H26N4O2S2. The average molecular weight is 455 g/mol. The van der Waals surface area contributed by atoms with E-state index < -0.39 is 0 Å². The predicted molar refractivity (Wildman–Crippen MR) is 126 cm³/mol. The molecule has 0 atom stereocenters. The van der Waals surface area contributed by atoms with Crippen molar-refractivity contribution >= 4 is 29.0 Å². The van der Waals surface area contributed by atoms with Gasteiger partial charge in [0.05, 0.1) is 23.4 Å². The van der Waals surface area contributed by atoms with E-state index in [1.807, 2.05) is 48.2 Å². The highest BCUT2D eigenvalue weighted by molar-refractivity contribution is 7.99. The zero-order valence-corrected chi connectivity index (χ0v) is 19.5.